The Kier molecular flexibility index (Phi) is 3.50. The van der Waals surface area contributed by atoms with E-state index in [-0.39, 0.29) is 0 Å². The first-order valence-electron chi connectivity index (χ1n) is 4.88. The standard InChI is InChI=1S/C11H13BrIN/c12-11-9(2-1-3-10(11)13)7-4-5-8(14)6-7/h1-3,7-8H,4-6,14H2. The van der Waals surface area contributed by atoms with Crippen molar-refractivity contribution in [2.45, 2.75) is 31.2 Å². The van der Waals surface area contributed by atoms with E-state index in [0.717, 1.165) is 6.42 Å². The van der Waals surface area contributed by atoms with Gasteiger partial charge < -0.3 is 5.73 Å². The van der Waals surface area contributed by atoms with Crippen LogP contribution in [0, 0.1) is 3.57 Å². The highest BCUT2D eigenvalue weighted by molar-refractivity contribution is 14.1. The number of benzene rings is 1. The van der Waals surface area contributed by atoms with Gasteiger partial charge in [0.2, 0.25) is 0 Å². The number of hydrogen-bond acceptors (Lipinski definition) is 1. The van der Waals surface area contributed by atoms with Crippen molar-refractivity contribution < 1.29 is 0 Å². The van der Waals surface area contributed by atoms with Crippen molar-refractivity contribution >= 4 is 38.5 Å². The summed E-state index contributed by atoms with van der Waals surface area (Å²) >= 11 is 6.03. The molecule has 3 heteroatoms. The van der Waals surface area contributed by atoms with Crippen LogP contribution in [0.4, 0.5) is 0 Å². The van der Waals surface area contributed by atoms with E-state index in [0.29, 0.717) is 12.0 Å². The average molecular weight is 366 g/mol. The van der Waals surface area contributed by atoms with Crippen LogP contribution < -0.4 is 5.73 Å². The number of hydrogen-bond donors (Lipinski definition) is 1. The second-order valence-corrected chi connectivity index (χ2v) is 5.87. The fourth-order valence-corrected chi connectivity index (χ4v) is 3.24. The van der Waals surface area contributed by atoms with Crippen LogP contribution in [-0.4, -0.2) is 6.04 Å². The van der Waals surface area contributed by atoms with Crippen molar-refractivity contribution in [3.8, 4) is 0 Å². The van der Waals surface area contributed by atoms with Crippen molar-refractivity contribution in [1.29, 1.82) is 0 Å². The molecule has 0 radical (unpaired) electrons. The smallest absolute Gasteiger partial charge is 0.0343 e. The van der Waals surface area contributed by atoms with Gasteiger partial charge in [0.05, 0.1) is 0 Å². The lowest BCUT2D eigenvalue weighted by molar-refractivity contribution is 0.673. The average Bonchev–Trinajstić information content (AvgIpc) is 2.57. The molecule has 1 aliphatic carbocycles. The molecule has 76 valence electrons. The van der Waals surface area contributed by atoms with Crippen LogP contribution in [-0.2, 0) is 0 Å². The molecule has 2 N–H and O–H groups in total. The summed E-state index contributed by atoms with van der Waals surface area (Å²) in [6.07, 6.45) is 3.54. The van der Waals surface area contributed by atoms with Gasteiger partial charge in [-0.25, -0.2) is 0 Å². The molecule has 0 aliphatic heterocycles. The summed E-state index contributed by atoms with van der Waals surface area (Å²) in [5.74, 6) is 0.661. The van der Waals surface area contributed by atoms with Gasteiger partial charge in [-0.15, -0.1) is 0 Å². The summed E-state index contributed by atoms with van der Waals surface area (Å²) in [5, 5.41) is 0. The molecule has 1 fully saturated rings. The zero-order valence-corrected chi connectivity index (χ0v) is 11.6. The van der Waals surface area contributed by atoms with Crippen molar-refractivity contribution in [2.24, 2.45) is 5.73 Å². The maximum atomic E-state index is 5.93. The fraction of sp³-hybridized carbons (Fsp3) is 0.455. The third-order valence-electron chi connectivity index (χ3n) is 2.89. The first-order valence-corrected chi connectivity index (χ1v) is 6.75. The molecule has 1 saturated carbocycles. The number of halogens is 2. The van der Waals surface area contributed by atoms with E-state index in [9.17, 15) is 0 Å². The summed E-state index contributed by atoms with van der Waals surface area (Å²) in [7, 11) is 0. The number of rotatable bonds is 1. The van der Waals surface area contributed by atoms with Gasteiger partial charge in [-0.1, -0.05) is 12.1 Å². The highest BCUT2D eigenvalue weighted by Crippen LogP contribution is 2.38. The third kappa shape index (κ3) is 2.14. The predicted molar refractivity (Wildman–Crippen MR) is 71.4 cm³/mol. The second-order valence-electron chi connectivity index (χ2n) is 3.91. The van der Waals surface area contributed by atoms with Gasteiger partial charge in [-0.05, 0) is 75.3 Å². The Morgan fingerprint density at radius 2 is 2.14 bits per heavy atom. The van der Waals surface area contributed by atoms with E-state index in [1.165, 1.54) is 26.4 Å². The SMILES string of the molecule is NC1CCC(c2cccc(I)c2Br)C1. The molecule has 2 rings (SSSR count). The van der Waals surface area contributed by atoms with Gasteiger partial charge in [0.15, 0.2) is 0 Å². The van der Waals surface area contributed by atoms with Crippen molar-refractivity contribution in [3.05, 3.63) is 31.8 Å². The van der Waals surface area contributed by atoms with Gasteiger partial charge in [0.1, 0.15) is 0 Å². The molecule has 0 spiro atoms. The lowest BCUT2D eigenvalue weighted by atomic mass is 9.98. The van der Waals surface area contributed by atoms with Crippen LogP contribution >= 0.6 is 38.5 Å². The van der Waals surface area contributed by atoms with Gasteiger partial charge in [0.25, 0.3) is 0 Å². The van der Waals surface area contributed by atoms with Crippen LogP contribution in [0.25, 0.3) is 0 Å². The molecule has 1 aromatic carbocycles. The summed E-state index contributed by atoms with van der Waals surface area (Å²) in [6, 6.07) is 6.88. The maximum absolute atomic E-state index is 5.93. The molecule has 1 aliphatic rings. The molecule has 2 unspecified atom stereocenters. The van der Waals surface area contributed by atoms with E-state index < -0.39 is 0 Å². The Morgan fingerprint density at radius 1 is 1.36 bits per heavy atom. The van der Waals surface area contributed by atoms with Crippen LogP contribution in [0.3, 0.4) is 0 Å². The molecule has 14 heavy (non-hydrogen) atoms. The summed E-state index contributed by atoms with van der Waals surface area (Å²) in [4.78, 5) is 0. The topological polar surface area (TPSA) is 26.0 Å². The molecule has 0 saturated heterocycles. The summed E-state index contributed by atoms with van der Waals surface area (Å²) in [6.45, 7) is 0. The Bertz CT molecular complexity index is 340. The van der Waals surface area contributed by atoms with Crippen molar-refractivity contribution in [1.82, 2.24) is 0 Å². The Labute approximate surface area is 107 Å². The molecule has 2 atom stereocenters. The highest BCUT2D eigenvalue weighted by Gasteiger charge is 2.24. The fourth-order valence-electron chi connectivity index (χ4n) is 2.13. The first-order chi connectivity index (χ1) is 6.68. The van der Waals surface area contributed by atoms with E-state index >= 15 is 0 Å². The van der Waals surface area contributed by atoms with Crippen LogP contribution in [0.15, 0.2) is 22.7 Å². The monoisotopic (exact) mass is 365 g/mol. The predicted octanol–water partition coefficient (Wildman–Crippen LogP) is 3.65. The van der Waals surface area contributed by atoms with Crippen molar-refractivity contribution in [3.63, 3.8) is 0 Å². The second kappa shape index (κ2) is 4.49. The first kappa shape index (κ1) is 10.9. The van der Waals surface area contributed by atoms with E-state index in [1.807, 2.05) is 0 Å². The highest BCUT2D eigenvalue weighted by atomic mass is 127. The molecule has 0 aromatic heterocycles. The zero-order valence-electron chi connectivity index (χ0n) is 7.84. The molecule has 1 aromatic rings. The molecule has 0 heterocycles. The quantitative estimate of drug-likeness (QED) is 0.755. The molecular weight excluding hydrogens is 353 g/mol. The molecule has 0 bridgehead atoms. The Hall–Kier alpha value is 0.390. The van der Waals surface area contributed by atoms with Crippen LogP contribution in [0.5, 0.6) is 0 Å². The normalized spacial score (nSPS) is 26.8. The van der Waals surface area contributed by atoms with Gasteiger partial charge >= 0.3 is 0 Å². The Balaban J connectivity index is 2.28. The van der Waals surface area contributed by atoms with Crippen LogP contribution in [0.1, 0.15) is 30.7 Å². The lowest BCUT2D eigenvalue weighted by Crippen LogP contribution is -2.14. The van der Waals surface area contributed by atoms with Gasteiger partial charge in [0, 0.05) is 14.1 Å². The van der Waals surface area contributed by atoms with Crippen molar-refractivity contribution in [2.75, 3.05) is 0 Å². The molecule has 1 nitrogen and oxygen atoms in total. The Morgan fingerprint density at radius 3 is 2.79 bits per heavy atom. The minimum atomic E-state index is 0.407. The third-order valence-corrected chi connectivity index (χ3v) is 5.42. The lowest BCUT2D eigenvalue weighted by Gasteiger charge is -2.13. The summed E-state index contributed by atoms with van der Waals surface area (Å²) < 4.78 is 2.56. The summed E-state index contributed by atoms with van der Waals surface area (Å²) in [5.41, 5.74) is 7.37. The maximum Gasteiger partial charge on any atom is 0.0343 e. The minimum Gasteiger partial charge on any atom is -0.328 e. The van der Waals surface area contributed by atoms with E-state index in [2.05, 4.69) is 56.7 Å². The van der Waals surface area contributed by atoms with Crippen LogP contribution in [0.2, 0.25) is 0 Å². The molecular formula is C11H13BrIN. The van der Waals surface area contributed by atoms with Gasteiger partial charge in [-0.2, -0.15) is 0 Å². The zero-order chi connectivity index (χ0) is 10.1. The van der Waals surface area contributed by atoms with Gasteiger partial charge in [-0.3, -0.25) is 0 Å². The number of nitrogens with two attached hydrogens (primary N) is 1. The van der Waals surface area contributed by atoms with E-state index in [1.54, 1.807) is 0 Å². The van der Waals surface area contributed by atoms with E-state index in [4.69, 9.17) is 5.73 Å². The minimum absolute atomic E-state index is 0.407. The molecule has 0 amide bonds. The largest absolute Gasteiger partial charge is 0.328 e.